The summed E-state index contributed by atoms with van der Waals surface area (Å²) in [7, 11) is 0. The maximum atomic E-state index is 13.1. The maximum Gasteiger partial charge on any atom is 0.285 e. The van der Waals surface area contributed by atoms with Crippen LogP contribution in [0, 0.1) is 38.5 Å². The summed E-state index contributed by atoms with van der Waals surface area (Å²) in [6.07, 6.45) is 0. The lowest BCUT2D eigenvalue weighted by atomic mass is 9.96. The minimum Gasteiger partial charge on any atom is -0.350 e. The van der Waals surface area contributed by atoms with Crippen LogP contribution >= 0.6 is 0 Å². The molecule has 0 unspecified atom stereocenters. The fraction of sp³-hybridized carbons (Fsp3) is 0.333. The highest BCUT2D eigenvalue weighted by atomic mass is 19.2. The summed E-state index contributed by atoms with van der Waals surface area (Å²) in [5.74, 6) is -3.72. The fourth-order valence-electron chi connectivity index (χ4n) is 1.31. The van der Waals surface area contributed by atoms with Crippen LogP contribution in [0.25, 0.3) is 0 Å². The quantitative estimate of drug-likeness (QED) is 0.676. The highest BCUT2D eigenvalue weighted by molar-refractivity contribution is 5.98. The van der Waals surface area contributed by atoms with E-state index < -0.39 is 39.1 Å². The number of carbonyl (C=O) groups is 1. The van der Waals surface area contributed by atoms with Crippen LogP contribution in [-0.2, 0) is 0 Å². The summed E-state index contributed by atoms with van der Waals surface area (Å²) in [4.78, 5) is 21.5. The largest absolute Gasteiger partial charge is 0.350 e. The second kappa shape index (κ2) is 5.61. The Kier molecular flexibility index (Phi) is 4.34. The van der Waals surface area contributed by atoms with E-state index in [2.05, 4.69) is 5.32 Å². The Morgan fingerprint density at radius 1 is 1.45 bits per heavy atom. The number of halogens is 2. The van der Waals surface area contributed by atoms with Gasteiger partial charge in [0.2, 0.25) is 0 Å². The molecule has 1 aromatic rings. The minimum absolute atomic E-state index is 0.0848. The van der Waals surface area contributed by atoms with Gasteiger partial charge in [0.15, 0.2) is 11.6 Å². The molecule has 0 spiro atoms. The van der Waals surface area contributed by atoms with E-state index in [4.69, 9.17) is 5.26 Å². The molecule has 1 aromatic carbocycles. The van der Waals surface area contributed by atoms with Gasteiger partial charge in [0.1, 0.15) is 5.56 Å². The number of nitriles is 1. The molecule has 0 aromatic heterocycles. The Hall–Kier alpha value is -2.56. The van der Waals surface area contributed by atoms with Crippen LogP contribution in [0.3, 0.4) is 0 Å². The van der Waals surface area contributed by atoms with E-state index in [0.29, 0.717) is 12.1 Å². The molecule has 1 rings (SSSR count). The normalized spacial score (nSPS) is 10.8. The predicted octanol–water partition coefficient (Wildman–Crippen LogP) is 2.15. The van der Waals surface area contributed by atoms with E-state index in [1.165, 1.54) is 0 Å². The van der Waals surface area contributed by atoms with Gasteiger partial charge in [-0.2, -0.15) is 5.26 Å². The average Bonchev–Trinajstić information content (AvgIpc) is 2.38. The summed E-state index contributed by atoms with van der Waals surface area (Å²) in [6.45, 7) is 3.01. The molecule has 0 aliphatic rings. The number of nitrogens with zero attached hydrogens (tertiary/aromatic N) is 2. The smallest absolute Gasteiger partial charge is 0.285 e. The molecule has 106 valence electrons. The van der Waals surface area contributed by atoms with Crippen LogP contribution in [0.1, 0.15) is 24.2 Å². The second-order valence-corrected chi connectivity index (χ2v) is 4.72. The van der Waals surface area contributed by atoms with Crippen molar-refractivity contribution in [1.82, 2.24) is 5.32 Å². The predicted molar refractivity (Wildman–Crippen MR) is 64.7 cm³/mol. The van der Waals surface area contributed by atoms with Crippen molar-refractivity contribution < 1.29 is 18.5 Å². The molecule has 6 nitrogen and oxygen atoms in total. The highest BCUT2D eigenvalue weighted by Crippen LogP contribution is 2.22. The van der Waals surface area contributed by atoms with Gasteiger partial charge in [0.25, 0.3) is 11.6 Å². The molecule has 0 bridgehead atoms. The third kappa shape index (κ3) is 3.47. The Morgan fingerprint density at radius 2 is 2.00 bits per heavy atom. The van der Waals surface area contributed by atoms with Gasteiger partial charge < -0.3 is 5.32 Å². The number of amides is 1. The topological polar surface area (TPSA) is 96.0 Å². The van der Waals surface area contributed by atoms with Crippen molar-refractivity contribution in [2.75, 3.05) is 6.54 Å². The van der Waals surface area contributed by atoms with E-state index >= 15 is 0 Å². The van der Waals surface area contributed by atoms with Crippen molar-refractivity contribution in [3.8, 4) is 6.07 Å². The number of nitro groups is 1. The van der Waals surface area contributed by atoms with Crippen molar-refractivity contribution in [3.05, 3.63) is 39.4 Å². The molecule has 8 heteroatoms. The Bertz CT molecular complexity index is 609. The van der Waals surface area contributed by atoms with Gasteiger partial charge in [-0.25, -0.2) is 8.78 Å². The lowest BCUT2D eigenvalue weighted by Crippen LogP contribution is -2.33. The van der Waals surface area contributed by atoms with E-state index in [1.54, 1.807) is 13.8 Å². The Morgan fingerprint density at radius 3 is 2.50 bits per heavy atom. The first-order valence-electron chi connectivity index (χ1n) is 5.51. The van der Waals surface area contributed by atoms with Crippen LogP contribution in [0.4, 0.5) is 14.5 Å². The number of carbonyl (C=O) groups excluding carboxylic acids is 1. The molecule has 0 radical (unpaired) electrons. The third-order valence-electron chi connectivity index (χ3n) is 2.47. The SMILES string of the molecule is CC(C)(C#N)CNC(=O)c1cc(F)c(F)cc1[N+](=O)[O-]. The summed E-state index contributed by atoms with van der Waals surface area (Å²) in [5, 5.41) is 21.8. The first-order chi connectivity index (χ1) is 9.18. The number of hydrogen-bond acceptors (Lipinski definition) is 4. The molecule has 1 N–H and O–H groups in total. The number of hydrogen-bond donors (Lipinski definition) is 1. The van der Waals surface area contributed by atoms with Crippen molar-refractivity contribution in [2.45, 2.75) is 13.8 Å². The van der Waals surface area contributed by atoms with E-state index in [9.17, 15) is 23.7 Å². The summed E-state index contributed by atoms with van der Waals surface area (Å²) < 4.78 is 26.1. The van der Waals surface area contributed by atoms with Crippen LogP contribution in [0.2, 0.25) is 0 Å². The van der Waals surface area contributed by atoms with Crippen molar-refractivity contribution >= 4 is 11.6 Å². The zero-order chi connectivity index (χ0) is 15.5. The van der Waals surface area contributed by atoms with Crippen LogP contribution < -0.4 is 5.32 Å². The third-order valence-corrected chi connectivity index (χ3v) is 2.47. The Labute approximate surface area is 113 Å². The molecule has 0 atom stereocenters. The highest BCUT2D eigenvalue weighted by Gasteiger charge is 2.25. The van der Waals surface area contributed by atoms with Crippen LogP contribution in [0.5, 0.6) is 0 Å². The molecular formula is C12H11F2N3O3. The summed E-state index contributed by atoms with van der Waals surface area (Å²) >= 11 is 0. The van der Waals surface area contributed by atoms with Gasteiger partial charge >= 0.3 is 0 Å². The molecule has 0 fully saturated rings. The van der Waals surface area contributed by atoms with E-state index in [1.807, 2.05) is 6.07 Å². The zero-order valence-corrected chi connectivity index (χ0v) is 10.7. The number of rotatable bonds is 4. The van der Waals surface area contributed by atoms with Crippen molar-refractivity contribution in [2.24, 2.45) is 5.41 Å². The number of nitro benzene ring substituents is 1. The zero-order valence-electron chi connectivity index (χ0n) is 10.7. The van der Waals surface area contributed by atoms with Gasteiger partial charge in [0.05, 0.1) is 22.5 Å². The minimum atomic E-state index is -1.41. The molecular weight excluding hydrogens is 272 g/mol. The number of nitrogens with one attached hydrogen (secondary N) is 1. The van der Waals surface area contributed by atoms with Crippen LogP contribution in [-0.4, -0.2) is 17.4 Å². The summed E-state index contributed by atoms with van der Waals surface area (Å²) in [5.41, 5.74) is -2.32. The van der Waals surface area contributed by atoms with E-state index in [-0.39, 0.29) is 6.54 Å². The molecule has 20 heavy (non-hydrogen) atoms. The van der Waals surface area contributed by atoms with Gasteiger partial charge in [0, 0.05) is 6.54 Å². The van der Waals surface area contributed by atoms with Gasteiger partial charge in [-0.3, -0.25) is 14.9 Å². The number of benzene rings is 1. The molecule has 0 heterocycles. The average molecular weight is 283 g/mol. The lowest BCUT2D eigenvalue weighted by Gasteiger charge is -2.15. The van der Waals surface area contributed by atoms with Gasteiger partial charge in [-0.15, -0.1) is 0 Å². The van der Waals surface area contributed by atoms with Gasteiger partial charge in [-0.1, -0.05) is 0 Å². The first kappa shape index (κ1) is 15.5. The molecule has 1 amide bonds. The molecule has 0 saturated heterocycles. The monoisotopic (exact) mass is 283 g/mol. The lowest BCUT2D eigenvalue weighted by molar-refractivity contribution is -0.385. The molecule has 0 saturated carbocycles. The van der Waals surface area contributed by atoms with Crippen molar-refractivity contribution in [3.63, 3.8) is 0 Å². The molecule has 0 aliphatic carbocycles. The Balaban J connectivity index is 3.07. The standard InChI is InChI=1S/C12H11F2N3O3/c1-12(2,5-15)6-16-11(18)7-3-8(13)9(14)4-10(7)17(19)20/h3-4H,6H2,1-2H3,(H,16,18). The summed E-state index contributed by atoms with van der Waals surface area (Å²) in [6, 6.07) is 2.73. The fourth-order valence-corrected chi connectivity index (χ4v) is 1.31. The van der Waals surface area contributed by atoms with Crippen molar-refractivity contribution in [1.29, 1.82) is 5.26 Å². The van der Waals surface area contributed by atoms with E-state index in [0.717, 1.165) is 0 Å². The second-order valence-electron chi connectivity index (χ2n) is 4.72. The molecule has 0 aliphatic heterocycles. The van der Waals surface area contributed by atoms with Gasteiger partial charge in [-0.05, 0) is 19.9 Å². The first-order valence-corrected chi connectivity index (χ1v) is 5.51. The maximum absolute atomic E-state index is 13.1. The van der Waals surface area contributed by atoms with Crippen LogP contribution in [0.15, 0.2) is 12.1 Å².